The van der Waals surface area contributed by atoms with E-state index in [1.807, 2.05) is 6.92 Å². The number of ether oxygens (including phenoxy) is 3. The first-order valence-corrected chi connectivity index (χ1v) is 4.70. The topological polar surface area (TPSA) is 47.9 Å². The van der Waals surface area contributed by atoms with Crippen LogP contribution >= 0.6 is 0 Å². The Kier molecular flexibility index (Phi) is 3.66. The molecular weight excluding hydrogens is 196 g/mol. The third kappa shape index (κ3) is 1.93. The number of rotatable bonds is 4. The Morgan fingerprint density at radius 1 is 1.07 bits per heavy atom. The van der Waals surface area contributed by atoms with Gasteiger partial charge in [-0.25, -0.2) is 0 Å². The van der Waals surface area contributed by atoms with Crippen molar-refractivity contribution in [3.63, 3.8) is 0 Å². The maximum Gasteiger partial charge on any atom is 0.203 e. The van der Waals surface area contributed by atoms with Crippen molar-refractivity contribution in [3.05, 3.63) is 11.6 Å². The van der Waals surface area contributed by atoms with Crippen LogP contribution in [0.3, 0.4) is 0 Å². The van der Waals surface area contributed by atoms with Crippen molar-refractivity contribution in [2.45, 2.75) is 13.3 Å². The first kappa shape index (κ1) is 11.5. The summed E-state index contributed by atoms with van der Waals surface area (Å²) in [6, 6.07) is 1.71. The number of phenolic OH excluding ortho intramolecular Hbond substituents is 1. The van der Waals surface area contributed by atoms with Crippen LogP contribution in [0.2, 0.25) is 0 Å². The second-order valence-electron chi connectivity index (χ2n) is 3.00. The SMILES string of the molecule is CCc1c(OC)cc(OC)c(OC)c1O. The molecule has 0 bridgehead atoms. The van der Waals surface area contributed by atoms with Gasteiger partial charge >= 0.3 is 0 Å². The zero-order valence-electron chi connectivity index (χ0n) is 9.46. The second kappa shape index (κ2) is 4.77. The van der Waals surface area contributed by atoms with Gasteiger partial charge in [0.25, 0.3) is 0 Å². The van der Waals surface area contributed by atoms with Crippen molar-refractivity contribution in [2.24, 2.45) is 0 Å². The van der Waals surface area contributed by atoms with E-state index < -0.39 is 0 Å². The van der Waals surface area contributed by atoms with E-state index in [1.54, 1.807) is 13.2 Å². The Labute approximate surface area is 89.4 Å². The zero-order valence-corrected chi connectivity index (χ0v) is 9.46. The van der Waals surface area contributed by atoms with Gasteiger partial charge < -0.3 is 19.3 Å². The first-order valence-electron chi connectivity index (χ1n) is 4.70. The van der Waals surface area contributed by atoms with Crippen molar-refractivity contribution >= 4 is 0 Å². The Morgan fingerprint density at radius 2 is 1.67 bits per heavy atom. The van der Waals surface area contributed by atoms with Crippen molar-refractivity contribution in [1.29, 1.82) is 0 Å². The molecule has 4 nitrogen and oxygen atoms in total. The van der Waals surface area contributed by atoms with Gasteiger partial charge in [-0.15, -0.1) is 0 Å². The Morgan fingerprint density at radius 3 is 2.07 bits per heavy atom. The van der Waals surface area contributed by atoms with Crippen LogP contribution in [0, 0.1) is 0 Å². The molecule has 0 saturated carbocycles. The van der Waals surface area contributed by atoms with Gasteiger partial charge in [-0.3, -0.25) is 0 Å². The highest BCUT2D eigenvalue weighted by Gasteiger charge is 2.18. The van der Waals surface area contributed by atoms with Crippen LogP contribution in [0.4, 0.5) is 0 Å². The molecule has 0 radical (unpaired) electrons. The molecule has 0 aliphatic heterocycles. The summed E-state index contributed by atoms with van der Waals surface area (Å²) in [5, 5.41) is 9.93. The normalized spacial score (nSPS) is 9.87. The Hall–Kier alpha value is -1.58. The maximum absolute atomic E-state index is 9.93. The van der Waals surface area contributed by atoms with Gasteiger partial charge in [0.1, 0.15) is 5.75 Å². The van der Waals surface area contributed by atoms with Crippen molar-refractivity contribution in [3.8, 4) is 23.0 Å². The lowest BCUT2D eigenvalue weighted by molar-refractivity contribution is 0.324. The molecule has 0 atom stereocenters. The molecule has 0 unspecified atom stereocenters. The first-order chi connectivity index (χ1) is 7.19. The van der Waals surface area contributed by atoms with E-state index in [2.05, 4.69) is 0 Å². The molecule has 4 heteroatoms. The van der Waals surface area contributed by atoms with Crippen LogP contribution in [0.25, 0.3) is 0 Å². The second-order valence-corrected chi connectivity index (χ2v) is 3.00. The van der Waals surface area contributed by atoms with Crippen molar-refractivity contribution in [1.82, 2.24) is 0 Å². The number of hydrogen-bond acceptors (Lipinski definition) is 4. The lowest BCUT2D eigenvalue weighted by atomic mass is 10.1. The van der Waals surface area contributed by atoms with E-state index in [9.17, 15) is 5.11 Å². The highest BCUT2D eigenvalue weighted by atomic mass is 16.5. The quantitative estimate of drug-likeness (QED) is 0.829. The minimum Gasteiger partial charge on any atom is -0.504 e. The summed E-state index contributed by atoms with van der Waals surface area (Å²) in [7, 11) is 4.56. The summed E-state index contributed by atoms with van der Waals surface area (Å²) in [6.45, 7) is 1.93. The van der Waals surface area contributed by atoms with Crippen molar-refractivity contribution in [2.75, 3.05) is 21.3 Å². The summed E-state index contributed by atoms with van der Waals surface area (Å²) in [5.41, 5.74) is 0.718. The number of phenols is 1. The third-order valence-electron chi connectivity index (χ3n) is 2.28. The van der Waals surface area contributed by atoms with E-state index >= 15 is 0 Å². The standard InChI is InChI=1S/C11H16O4/c1-5-7-8(13-2)6-9(14-3)11(15-4)10(7)12/h6,12H,5H2,1-4H3. The monoisotopic (exact) mass is 212 g/mol. The fraction of sp³-hybridized carbons (Fsp3) is 0.455. The fourth-order valence-electron chi connectivity index (χ4n) is 1.51. The summed E-state index contributed by atoms with van der Waals surface area (Å²) in [6.07, 6.45) is 0.662. The number of methoxy groups -OCH3 is 3. The van der Waals surface area contributed by atoms with E-state index in [1.165, 1.54) is 14.2 Å². The molecule has 0 aromatic heterocycles. The Bertz CT molecular complexity index is 317. The molecule has 0 heterocycles. The predicted octanol–water partition coefficient (Wildman–Crippen LogP) is 1.98. The fourth-order valence-corrected chi connectivity index (χ4v) is 1.51. The van der Waals surface area contributed by atoms with Crippen LogP contribution < -0.4 is 14.2 Å². The van der Waals surface area contributed by atoms with E-state index in [0.29, 0.717) is 23.7 Å². The zero-order chi connectivity index (χ0) is 11.4. The van der Waals surface area contributed by atoms with Gasteiger partial charge in [0.2, 0.25) is 5.75 Å². The Balaban J connectivity index is 3.41. The van der Waals surface area contributed by atoms with Crippen LogP contribution in [0.1, 0.15) is 12.5 Å². The van der Waals surface area contributed by atoms with Crippen LogP contribution in [-0.2, 0) is 6.42 Å². The molecule has 84 valence electrons. The molecule has 1 N–H and O–H groups in total. The lowest BCUT2D eigenvalue weighted by Gasteiger charge is -2.15. The molecule has 0 aliphatic rings. The average molecular weight is 212 g/mol. The van der Waals surface area contributed by atoms with Crippen molar-refractivity contribution < 1.29 is 19.3 Å². The summed E-state index contributed by atoms with van der Waals surface area (Å²) in [4.78, 5) is 0. The number of hydrogen-bond donors (Lipinski definition) is 1. The van der Waals surface area contributed by atoms with Gasteiger partial charge in [0, 0.05) is 11.6 Å². The van der Waals surface area contributed by atoms with E-state index in [-0.39, 0.29) is 5.75 Å². The molecule has 1 aromatic carbocycles. The molecule has 0 spiro atoms. The molecule has 0 amide bonds. The summed E-state index contributed by atoms with van der Waals surface area (Å²) in [5.74, 6) is 1.49. The molecule has 0 fully saturated rings. The maximum atomic E-state index is 9.93. The summed E-state index contributed by atoms with van der Waals surface area (Å²) >= 11 is 0. The summed E-state index contributed by atoms with van der Waals surface area (Å²) < 4.78 is 15.3. The third-order valence-corrected chi connectivity index (χ3v) is 2.28. The minimum absolute atomic E-state index is 0.0798. The van der Waals surface area contributed by atoms with Crippen LogP contribution in [-0.4, -0.2) is 26.4 Å². The number of benzene rings is 1. The molecule has 1 aromatic rings. The van der Waals surface area contributed by atoms with Crippen LogP contribution in [0.15, 0.2) is 6.07 Å². The van der Waals surface area contributed by atoms with E-state index in [0.717, 1.165) is 5.56 Å². The average Bonchev–Trinajstić information content (AvgIpc) is 2.27. The molecule has 0 aliphatic carbocycles. The molecular formula is C11H16O4. The highest BCUT2D eigenvalue weighted by molar-refractivity contribution is 5.60. The smallest absolute Gasteiger partial charge is 0.203 e. The van der Waals surface area contributed by atoms with Gasteiger partial charge in [0.05, 0.1) is 21.3 Å². The number of aromatic hydroxyl groups is 1. The van der Waals surface area contributed by atoms with E-state index in [4.69, 9.17) is 14.2 Å². The van der Waals surface area contributed by atoms with Gasteiger partial charge in [-0.1, -0.05) is 6.92 Å². The molecule has 15 heavy (non-hydrogen) atoms. The largest absolute Gasteiger partial charge is 0.504 e. The van der Waals surface area contributed by atoms with Gasteiger partial charge in [0.15, 0.2) is 11.5 Å². The van der Waals surface area contributed by atoms with Gasteiger partial charge in [-0.05, 0) is 6.42 Å². The highest BCUT2D eigenvalue weighted by Crippen LogP contribution is 2.44. The minimum atomic E-state index is 0.0798. The van der Waals surface area contributed by atoms with Crippen LogP contribution in [0.5, 0.6) is 23.0 Å². The predicted molar refractivity (Wildman–Crippen MR) is 57.1 cm³/mol. The van der Waals surface area contributed by atoms with Gasteiger partial charge in [-0.2, -0.15) is 0 Å². The molecule has 0 saturated heterocycles. The lowest BCUT2D eigenvalue weighted by Crippen LogP contribution is -1.97. The molecule has 1 rings (SSSR count).